The van der Waals surface area contributed by atoms with Crippen molar-refractivity contribution in [2.75, 3.05) is 16.5 Å². The van der Waals surface area contributed by atoms with Crippen LogP contribution in [0.1, 0.15) is 19.4 Å². The molecule has 0 aromatic heterocycles. The van der Waals surface area contributed by atoms with Crippen LogP contribution in [0, 0.1) is 10.1 Å². The summed E-state index contributed by atoms with van der Waals surface area (Å²) in [6.07, 6.45) is 0. The van der Waals surface area contributed by atoms with E-state index in [9.17, 15) is 19.7 Å². The number of nitro groups is 1. The van der Waals surface area contributed by atoms with E-state index in [0.29, 0.717) is 29.2 Å². The van der Waals surface area contributed by atoms with E-state index < -0.39 is 10.8 Å². The third kappa shape index (κ3) is 2.50. The number of amides is 2. The summed E-state index contributed by atoms with van der Waals surface area (Å²) in [6.45, 7) is 3.85. The lowest BCUT2D eigenvalue weighted by atomic mass is 9.97. The van der Waals surface area contributed by atoms with Crippen LogP contribution in [-0.4, -0.2) is 29.0 Å². The topological polar surface area (TPSA) is 96.1 Å². The Kier molecular flexibility index (Phi) is 4.03. The van der Waals surface area contributed by atoms with E-state index in [1.165, 1.54) is 22.0 Å². The zero-order valence-electron chi connectivity index (χ0n) is 15.2. The molecular weight excluding hydrogens is 360 g/mol. The van der Waals surface area contributed by atoms with Gasteiger partial charge < -0.3 is 4.90 Å². The van der Waals surface area contributed by atoms with E-state index in [1.54, 1.807) is 37.3 Å². The van der Waals surface area contributed by atoms with E-state index in [2.05, 4.69) is 5.10 Å². The van der Waals surface area contributed by atoms with Gasteiger partial charge in [0.1, 0.15) is 0 Å². The van der Waals surface area contributed by atoms with Crippen molar-refractivity contribution in [2.24, 2.45) is 5.10 Å². The summed E-state index contributed by atoms with van der Waals surface area (Å²) >= 11 is 0. The highest BCUT2D eigenvalue weighted by Crippen LogP contribution is 2.42. The summed E-state index contributed by atoms with van der Waals surface area (Å²) in [4.78, 5) is 38.4. The number of carbonyl (C=O) groups excluding carboxylic acids is 2. The van der Waals surface area contributed by atoms with Gasteiger partial charge in [-0.3, -0.25) is 19.7 Å². The Balaban J connectivity index is 1.91. The van der Waals surface area contributed by atoms with Crippen molar-refractivity contribution in [3.63, 3.8) is 0 Å². The fourth-order valence-electron chi connectivity index (χ4n) is 3.53. The number of rotatable bonds is 3. The summed E-state index contributed by atoms with van der Waals surface area (Å²) in [6, 6.07) is 13.1. The Bertz CT molecular complexity index is 1090. The summed E-state index contributed by atoms with van der Waals surface area (Å²) in [5.74, 6) is -0.784. The van der Waals surface area contributed by atoms with Gasteiger partial charge >= 0.3 is 0 Å². The van der Waals surface area contributed by atoms with Crippen LogP contribution in [0.15, 0.2) is 59.2 Å². The fraction of sp³-hybridized carbons (Fsp3) is 0.150. The Morgan fingerprint density at radius 2 is 1.75 bits per heavy atom. The third-order valence-electron chi connectivity index (χ3n) is 4.80. The Hall–Kier alpha value is -3.81. The number of hydrogen-bond acceptors (Lipinski definition) is 5. The standard InChI is InChI=1S/C20H16N4O4/c1-3-22-16-10-9-14(24(27)28)11-15(16)18(19(22)25)17-12(2)21-23(20(17)26)13-7-5-4-6-8-13/h4-11H,3H2,1-2H3. The molecule has 2 aliphatic heterocycles. The van der Waals surface area contributed by atoms with Gasteiger partial charge in [0.2, 0.25) is 0 Å². The lowest BCUT2D eigenvalue weighted by molar-refractivity contribution is -0.384. The van der Waals surface area contributed by atoms with Gasteiger partial charge in [0.15, 0.2) is 0 Å². The normalized spacial score (nSPS) is 18.6. The molecule has 0 spiro atoms. The van der Waals surface area contributed by atoms with Crippen molar-refractivity contribution in [1.29, 1.82) is 0 Å². The Morgan fingerprint density at radius 1 is 1.04 bits per heavy atom. The van der Waals surface area contributed by atoms with Crippen molar-refractivity contribution < 1.29 is 14.5 Å². The van der Waals surface area contributed by atoms with Crippen LogP contribution in [0.3, 0.4) is 0 Å². The maximum Gasteiger partial charge on any atom is 0.281 e. The first-order chi connectivity index (χ1) is 13.4. The van der Waals surface area contributed by atoms with Crippen molar-refractivity contribution in [2.45, 2.75) is 13.8 Å². The zero-order chi connectivity index (χ0) is 20.0. The highest BCUT2D eigenvalue weighted by molar-refractivity contribution is 6.45. The quantitative estimate of drug-likeness (QED) is 0.467. The minimum Gasteiger partial charge on any atom is -0.308 e. The number of nitro benzene ring substituents is 1. The van der Waals surface area contributed by atoms with Crippen molar-refractivity contribution in [3.8, 4) is 0 Å². The first kappa shape index (κ1) is 17.6. The Morgan fingerprint density at radius 3 is 2.39 bits per heavy atom. The van der Waals surface area contributed by atoms with Crippen LogP contribution >= 0.6 is 0 Å². The average molecular weight is 376 g/mol. The Labute approximate surface area is 160 Å². The predicted octanol–water partition coefficient (Wildman–Crippen LogP) is 3.14. The molecule has 2 heterocycles. The van der Waals surface area contributed by atoms with Gasteiger partial charge in [0.05, 0.1) is 33.2 Å². The van der Waals surface area contributed by atoms with Crippen molar-refractivity contribution in [3.05, 3.63) is 69.8 Å². The predicted molar refractivity (Wildman–Crippen MR) is 105 cm³/mol. The van der Waals surface area contributed by atoms with Crippen LogP contribution < -0.4 is 9.91 Å². The molecule has 0 bridgehead atoms. The number of carbonyl (C=O) groups is 2. The number of benzene rings is 2. The van der Waals surface area contributed by atoms with Gasteiger partial charge in [0, 0.05) is 24.2 Å². The monoisotopic (exact) mass is 376 g/mol. The molecule has 0 unspecified atom stereocenters. The second kappa shape index (κ2) is 6.41. The highest BCUT2D eigenvalue weighted by Gasteiger charge is 2.41. The number of hydrazone groups is 1. The van der Waals surface area contributed by atoms with E-state index >= 15 is 0 Å². The maximum atomic E-state index is 13.1. The molecule has 2 aromatic carbocycles. The molecule has 0 atom stereocenters. The lowest BCUT2D eigenvalue weighted by Gasteiger charge is -2.14. The number of anilines is 2. The van der Waals surface area contributed by atoms with Crippen LogP contribution in [0.5, 0.6) is 0 Å². The highest BCUT2D eigenvalue weighted by atomic mass is 16.6. The average Bonchev–Trinajstić information content (AvgIpc) is 3.13. The SMILES string of the molecule is CCN1C(=O)C(=C2C(=O)N(c3ccccc3)N=C2C)c2cc([N+](=O)[O-])ccc21. The maximum absolute atomic E-state index is 13.1. The molecule has 0 saturated heterocycles. The molecule has 0 radical (unpaired) electrons. The largest absolute Gasteiger partial charge is 0.308 e. The molecule has 0 aliphatic carbocycles. The van der Waals surface area contributed by atoms with Gasteiger partial charge in [-0.15, -0.1) is 0 Å². The third-order valence-corrected chi connectivity index (χ3v) is 4.80. The molecule has 4 rings (SSSR count). The molecule has 0 saturated carbocycles. The summed E-state index contributed by atoms with van der Waals surface area (Å²) < 4.78 is 0. The molecular formula is C20H16N4O4. The van der Waals surface area contributed by atoms with E-state index in [1.807, 2.05) is 13.0 Å². The van der Waals surface area contributed by atoms with Crippen molar-refractivity contribution >= 4 is 40.2 Å². The minimum absolute atomic E-state index is 0.137. The van der Waals surface area contributed by atoms with Crippen LogP contribution in [0.25, 0.3) is 5.57 Å². The number of likely N-dealkylation sites (N-methyl/N-ethyl adjacent to an activating group) is 1. The van der Waals surface area contributed by atoms with Crippen LogP contribution in [0.2, 0.25) is 0 Å². The van der Waals surface area contributed by atoms with Crippen LogP contribution in [-0.2, 0) is 9.59 Å². The van der Waals surface area contributed by atoms with Crippen LogP contribution in [0.4, 0.5) is 17.1 Å². The van der Waals surface area contributed by atoms with Gasteiger partial charge in [-0.05, 0) is 32.0 Å². The minimum atomic E-state index is -0.519. The van der Waals surface area contributed by atoms with Gasteiger partial charge in [-0.2, -0.15) is 10.1 Å². The summed E-state index contributed by atoms with van der Waals surface area (Å²) in [5.41, 5.74) is 2.11. The van der Waals surface area contributed by atoms with Gasteiger partial charge in [-0.25, -0.2) is 0 Å². The fourth-order valence-corrected chi connectivity index (χ4v) is 3.53. The summed E-state index contributed by atoms with van der Waals surface area (Å²) in [5, 5.41) is 16.8. The number of non-ortho nitro benzene ring substituents is 1. The second-order valence-electron chi connectivity index (χ2n) is 6.40. The van der Waals surface area contributed by atoms with E-state index in [4.69, 9.17) is 0 Å². The number of hydrogen-bond donors (Lipinski definition) is 0. The number of fused-ring (bicyclic) bond motifs is 1. The molecule has 2 aliphatic rings. The first-order valence-corrected chi connectivity index (χ1v) is 8.74. The molecule has 28 heavy (non-hydrogen) atoms. The smallest absolute Gasteiger partial charge is 0.281 e. The van der Waals surface area contributed by atoms with Gasteiger partial charge in [0.25, 0.3) is 17.5 Å². The molecule has 2 amide bonds. The number of para-hydroxylation sites is 1. The zero-order valence-corrected chi connectivity index (χ0v) is 15.2. The molecule has 8 heteroatoms. The lowest BCUT2D eigenvalue weighted by Crippen LogP contribution is -2.28. The molecule has 2 aromatic rings. The van der Waals surface area contributed by atoms with Gasteiger partial charge in [-0.1, -0.05) is 18.2 Å². The number of nitrogens with zero attached hydrogens (tertiary/aromatic N) is 4. The van der Waals surface area contributed by atoms with E-state index in [-0.39, 0.29) is 22.7 Å². The molecule has 0 fully saturated rings. The summed E-state index contributed by atoms with van der Waals surface area (Å²) in [7, 11) is 0. The molecule has 0 N–H and O–H groups in total. The second-order valence-corrected chi connectivity index (χ2v) is 6.40. The molecule has 140 valence electrons. The first-order valence-electron chi connectivity index (χ1n) is 8.74. The van der Waals surface area contributed by atoms with Crippen molar-refractivity contribution in [1.82, 2.24) is 0 Å². The molecule has 8 nitrogen and oxygen atoms in total. The van der Waals surface area contributed by atoms with E-state index in [0.717, 1.165) is 0 Å².